The van der Waals surface area contributed by atoms with Crippen molar-refractivity contribution in [2.45, 2.75) is 33.7 Å². The molecular weight excluding hydrogens is 257 g/mol. The fourth-order valence-electron chi connectivity index (χ4n) is 2.07. The summed E-state index contributed by atoms with van der Waals surface area (Å²) in [6.45, 7) is 6.02. The number of nitrogens with zero attached hydrogens (tertiary/aromatic N) is 2. The van der Waals surface area contributed by atoms with Gasteiger partial charge in [0.25, 0.3) is 0 Å². The number of anilines is 1. The largest absolute Gasteiger partial charge is 0.323 e. The zero-order chi connectivity index (χ0) is 14.7. The molecule has 0 aliphatic heterocycles. The number of nitrogens with one attached hydrogen (secondary N) is 1. The quantitative estimate of drug-likeness (QED) is 0.932. The van der Waals surface area contributed by atoms with E-state index >= 15 is 0 Å². The summed E-state index contributed by atoms with van der Waals surface area (Å²) in [6.07, 6.45) is 0.425. The molecule has 0 saturated carbocycles. The molecule has 0 unspecified atom stereocenters. The number of carbonyl (C=O) groups excluding carboxylic acids is 1. The third-order valence-corrected chi connectivity index (χ3v) is 3.19. The molecule has 1 N–H and O–H groups in total. The van der Waals surface area contributed by atoms with Crippen molar-refractivity contribution in [3.05, 3.63) is 47.0 Å². The van der Waals surface area contributed by atoms with E-state index in [-0.39, 0.29) is 11.7 Å². The van der Waals surface area contributed by atoms with E-state index in [1.54, 1.807) is 17.7 Å². The van der Waals surface area contributed by atoms with Gasteiger partial charge in [0.15, 0.2) is 0 Å². The van der Waals surface area contributed by atoms with E-state index in [4.69, 9.17) is 0 Å². The van der Waals surface area contributed by atoms with Crippen LogP contribution in [-0.4, -0.2) is 15.7 Å². The first-order chi connectivity index (χ1) is 9.51. The average Bonchev–Trinajstić information content (AvgIpc) is 2.66. The Labute approximate surface area is 117 Å². The fourth-order valence-corrected chi connectivity index (χ4v) is 2.07. The molecule has 0 aliphatic carbocycles. The minimum absolute atomic E-state index is 0.0403. The van der Waals surface area contributed by atoms with Crippen LogP contribution in [0, 0.1) is 19.7 Å². The number of aryl methyl sites for hydroxylation is 1. The molecule has 2 aromatic rings. The lowest BCUT2D eigenvalue weighted by molar-refractivity contribution is -0.115. The average molecular weight is 275 g/mol. The SMILES string of the molecule is CCC(=O)Nc1c(C)nn(Cc2cccc(F)c2)c1C. The van der Waals surface area contributed by atoms with Crippen molar-refractivity contribution in [2.75, 3.05) is 5.32 Å². The van der Waals surface area contributed by atoms with Crippen LogP contribution >= 0.6 is 0 Å². The third kappa shape index (κ3) is 3.04. The van der Waals surface area contributed by atoms with E-state index < -0.39 is 0 Å². The third-order valence-electron chi connectivity index (χ3n) is 3.19. The van der Waals surface area contributed by atoms with Crippen molar-refractivity contribution in [1.82, 2.24) is 9.78 Å². The molecule has 0 fully saturated rings. The van der Waals surface area contributed by atoms with E-state index in [0.717, 1.165) is 22.6 Å². The molecule has 0 saturated heterocycles. The van der Waals surface area contributed by atoms with E-state index in [1.807, 2.05) is 19.9 Å². The predicted molar refractivity (Wildman–Crippen MR) is 76.1 cm³/mol. The van der Waals surface area contributed by atoms with Gasteiger partial charge in [0.1, 0.15) is 5.82 Å². The molecule has 0 atom stereocenters. The molecule has 1 aromatic carbocycles. The molecule has 0 bridgehead atoms. The van der Waals surface area contributed by atoms with Gasteiger partial charge in [-0.05, 0) is 31.5 Å². The minimum atomic E-state index is -0.261. The van der Waals surface area contributed by atoms with Crippen LogP contribution in [0.3, 0.4) is 0 Å². The summed E-state index contributed by atoms with van der Waals surface area (Å²) >= 11 is 0. The number of hydrogen-bond acceptors (Lipinski definition) is 2. The Balaban J connectivity index is 2.25. The Bertz CT molecular complexity index is 634. The first-order valence-corrected chi connectivity index (χ1v) is 6.59. The van der Waals surface area contributed by atoms with Crippen LogP contribution in [-0.2, 0) is 11.3 Å². The Morgan fingerprint density at radius 3 is 2.80 bits per heavy atom. The molecule has 0 aliphatic rings. The van der Waals surface area contributed by atoms with Gasteiger partial charge in [-0.2, -0.15) is 5.10 Å². The van der Waals surface area contributed by atoms with Gasteiger partial charge in [0.05, 0.1) is 23.6 Å². The molecule has 1 amide bonds. The van der Waals surface area contributed by atoms with Gasteiger partial charge in [-0.3, -0.25) is 9.48 Å². The zero-order valence-electron chi connectivity index (χ0n) is 11.9. The Hall–Kier alpha value is -2.17. The van der Waals surface area contributed by atoms with Gasteiger partial charge >= 0.3 is 0 Å². The van der Waals surface area contributed by atoms with Gasteiger partial charge in [0, 0.05) is 6.42 Å². The van der Waals surface area contributed by atoms with Crippen molar-refractivity contribution >= 4 is 11.6 Å². The van der Waals surface area contributed by atoms with Crippen molar-refractivity contribution < 1.29 is 9.18 Å². The standard InChI is InChI=1S/C15H18FN3O/c1-4-14(20)17-15-10(2)18-19(11(15)3)9-12-6-5-7-13(16)8-12/h5-8H,4,9H2,1-3H3,(H,17,20). The van der Waals surface area contributed by atoms with Crippen LogP contribution in [0.1, 0.15) is 30.3 Å². The zero-order valence-corrected chi connectivity index (χ0v) is 11.9. The smallest absolute Gasteiger partial charge is 0.224 e. The number of aromatic nitrogens is 2. The monoisotopic (exact) mass is 275 g/mol. The number of amides is 1. The highest BCUT2D eigenvalue weighted by atomic mass is 19.1. The number of halogens is 1. The van der Waals surface area contributed by atoms with Crippen LogP contribution in [0.5, 0.6) is 0 Å². The first kappa shape index (κ1) is 14.2. The van der Waals surface area contributed by atoms with Crippen molar-refractivity contribution in [3.63, 3.8) is 0 Å². The molecule has 4 nitrogen and oxygen atoms in total. The Morgan fingerprint density at radius 2 is 2.15 bits per heavy atom. The van der Waals surface area contributed by atoms with Gasteiger partial charge in [-0.25, -0.2) is 4.39 Å². The van der Waals surface area contributed by atoms with E-state index in [9.17, 15) is 9.18 Å². The number of carbonyl (C=O) groups is 1. The molecule has 0 radical (unpaired) electrons. The predicted octanol–water partition coefficient (Wildman–Crippen LogP) is 3.04. The summed E-state index contributed by atoms with van der Waals surface area (Å²) in [4.78, 5) is 11.5. The number of benzene rings is 1. The summed E-state index contributed by atoms with van der Waals surface area (Å²) in [5.41, 5.74) is 3.21. The number of hydrogen-bond donors (Lipinski definition) is 1. The van der Waals surface area contributed by atoms with Crippen LogP contribution in [0.25, 0.3) is 0 Å². The summed E-state index contributed by atoms with van der Waals surface area (Å²) < 4.78 is 15.0. The molecule has 106 valence electrons. The minimum Gasteiger partial charge on any atom is -0.323 e. The topological polar surface area (TPSA) is 46.9 Å². The maximum atomic E-state index is 13.2. The highest BCUT2D eigenvalue weighted by Crippen LogP contribution is 2.20. The van der Waals surface area contributed by atoms with Crippen LogP contribution < -0.4 is 5.32 Å². The van der Waals surface area contributed by atoms with Gasteiger partial charge in [-0.1, -0.05) is 19.1 Å². The second-order valence-electron chi connectivity index (χ2n) is 4.74. The van der Waals surface area contributed by atoms with Crippen molar-refractivity contribution in [1.29, 1.82) is 0 Å². The molecular formula is C15H18FN3O. The van der Waals surface area contributed by atoms with Crippen LogP contribution in [0.2, 0.25) is 0 Å². The van der Waals surface area contributed by atoms with Gasteiger partial charge in [0.2, 0.25) is 5.91 Å². The summed E-state index contributed by atoms with van der Waals surface area (Å²) in [5.74, 6) is -0.301. The van der Waals surface area contributed by atoms with Crippen LogP contribution in [0.4, 0.5) is 10.1 Å². The maximum Gasteiger partial charge on any atom is 0.224 e. The fraction of sp³-hybridized carbons (Fsp3) is 0.333. The highest BCUT2D eigenvalue weighted by Gasteiger charge is 2.13. The van der Waals surface area contributed by atoms with Gasteiger partial charge in [-0.15, -0.1) is 0 Å². The van der Waals surface area contributed by atoms with Crippen molar-refractivity contribution in [3.8, 4) is 0 Å². The molecule has 2 rings (SSSR count). The maximum absolute atomic E-state index is 13.2. The first-order valence-electron chi connectivity index (χ1n) is 6.59. The van der Waals surface area contributed by atoms with Gasteiger partial charge < -0.3 is 5.32 Å². The normalized spacial score (nSPS) is 10.6. The van der Waals surface area contributed by atoms with Crippen LogP contribution in [0.15, 0.2) is 24.3 Å². The lowest BCUT2D eigenvalue weighted by Gasteiger charge is -2.06. The van der Waals surface area contributed by atoms with E-state index in [2.05, 4.69) is 10.4 Å². The second kappa shape index (κ2) is 5.86. The summed E-state index contributed by atoms with van der Waals surface area (Å²) in [5, 5.41) is 7.25. The molecule has 0 spiro atoms. The molecule has 20 heavy (non-hydrogen) atoms. The van der Waals surface area contributed by atoms with E-state index in [0.29, 0.717) is 13.0 Å². The summed E-state index contributed by atoms with van der Waals surface area (Å²) in [6, 6.07) is 6.43. The lowest BCUT2D eigenvalue weighted by Crippen LogP contribution is -2.11. The molecule has 5 heteroatoms. The Kier molecular flexibility index (Phi) is 4.17. The highest BCUT2D eigenvalue weighted by molar-refractivity contribution is 5.91. The lowest BCUT2D eigenvalue weighted by atomic mass is 10.2. The van der Waals surface area contributed by atoms with E-state index in [1.165, 1.54) is 12.1 Å². The second-order valence-corrected chi connectivity index (χ2v) is 4.74. The molecule has 1 heterocycles. The Morgan fingerprint density at radius 1 is 1.40 bits per heavy atom. The summed E-state index contributed by atoms with van der Waals surface area (Å²) in [7, 11) is 0. The molecule has 1 aromatic heterocycles. The van der Waals surface area contributed by atoms with Crippen molar-refractivity contribution in [2.24, 2.45) is 0 Å². The number of rotatable bonds is 4.